The number of carbonyl (C=O) groups is 4. The highest BCUT2D eigenvalue weighted by molar-refractivity contribution is 6.07. The summed E-state index contributed by atoms with van der Waals surface area (Å²) in [7, 11) is 1.48. The zero-order valence-electron chi connectivity index (χ0n) is 19.2. The molecule has 11 nitrogen and oxygen atoms in total. The average molecular weight is 475 g/mol. The quantitative estimate of drug-likeness (QED) is 0.599. The van der Waals surface area contributed by atoms with Gasteiger partial charge in [0, 0.05) is 57.2 Å². The van der Waals surface area contributed by atoms with Crippen LogP contribution in [0.15, 0.2) is 18.2 Å². The summed E-state index contributed by atoms with van der Waals surface area (Å²) in [6.45, 7) is 1.86. The molecule has 0 bridgehead atoms. The predicted molar refractivity (Wildman–Crippen MR) is 121 cm³/mol. The van der Waals surface area contributed by atoms with Crippen molar-refractivity contribution in [1.82, 2.24) is 15.1 Å². The van der Waals surface area contributed by atoms with Crippen molar-refractivity contribution in [2.45, 2.75) is 25.7 Å². The van der Waals surface area contributed by atoms with E-state index in [0.717, 1.165) is 0 Å². The minimum absolute atomic E-state index is 0.0834. The second-order valence-corrected chi connectivity index (χ2v) is 9.15. The zero-order chi connectivity index (χ0) is 24.5. The van der Waals surface area contributed by atoms with Crippen molar-refractivity contribution in [3.05, 3.63) is 23.8 Å². The number of imide groups is 1. The number of hydrogen-bond donors (Lipinski definition) is 3. The fourth-order valence-corrected chi connectivity index (χ4v) is 5.36. The second kappa shape index (κ2) is 9.49. The number of ether oxygens (including phenoxy) is 1. The SMILES string of the molecule is COc1ccc(C(=O)N2CCC3(CCN(C(=O)O)CC3CO)CC2)cc1N1CCC(=O)NC1=O. The molecule has 3 aliphatic heterocycles. The van der Waals surface area contributed by atoms with Crippen LogP contribution in [-0.4, -0.2) is 90.4 Å². The van der Waals surface area contributed by atoms with Crippen LogP contribution in [0.5, 0.6) is 5.75 Å². The number of aliphatic hydroxyl groups is 1. The highest BCUT2D eigenvalue weighted by atomic mass is 16.5. The van der Waals surface area contributed by atoms with E-state index in [9.17, 15) is 29.4 Å². The van der Waals surface area contributed by atoms with Crippen molar-refractivity contribution in [2.75, 3.05) is 51.3 Å². The predicted octanol–water partition coefficient (Wildman–Crippen LogP) is 1.36. The second-order valence-electron chi connectivity index (χ2n) is 9.15. The van der Waals surface area contributed by atoms with Crippen LogP contribution in [0.4, 0.5) is 15.3 Å². The minimum Gasteiger partial charge on any atom is -0.495 e. The summed E-state index contributed by atoms with van der Waals surface area (Å²) < 4.78 is 5.38. The molecule has 3 saturated heterocycles. The number of aliphatic hydroxyl groups excluding tert-OH is 1. The van der Waals surface area contributed by atoms with Crippen molar-refractivity contribution in [2.24, 2.45) is 11.3 Å². The van der Waals surface area contributed by atoms with Crippen LogP contribution in [0.2, 0.25) is 0 Å². The van der Waals surface area contributed by atoms with Crippen LogP contribution in [0.1, 0.15) is 36.0 Å². The minimum atomic E-state index is -0.969. The number of rotatable bonds is 4. The van der Waals surface area contributed by atoms with Gasteiger partial charge in [-0.3, -0.25) is 19.8 Å². The molecule has 0 aliphatic carbocycles. The maximum atomic E-state index is 13.3. The van der Waals surface area contributed by atoms with E-state index < -0.39 is 12.1 Å². The molecular formula is C23H30N4O7. The molecule has 3 N–H and O–H groups in total. The molecule has 3 aliphatic rings. The third kappa shape index (κ3) is 4.39. The third-order valence-corrected chi connectivity index (χ3v) is 7.49. The summed E-state index contributed by atoms with van der Waals surface area (Å²) in [6, 6.07) is 4.36. The Labute approximate surface area is 197 Å². The molecule has 1 unspecified atom stereocenters. The topological polar surface area (TPSA) is 140 Å². The van der Waals surface area contributed by atoms with E-state index in [1.165, 1.54) is 16.9 Å². The smallest absolute Gasteiger partial charge is 0.407 e. The Morgan fingerprint density at radius 3 is 2.38 bits per heavy atom. The monoisotopic (exact) mass is 474 g/mol. The van der Waals surface area contributed by atoms with E-state index in [0.29, 0.717) is 62.4 Å². The molecular weight excluding hydrogens is 444 g/mol. The van der Waals surface area contributed by atoms with E-state index in [2.05, 4.69) is 5.32 Å². The van der Waals surface area contributed by atoms with Gasteiger partial charge in [-0.25, -0.2) is 9.59 Å². The Kier molecular flexibility index (Phi) is 6.65. The maximum absolute atomic E-state index is 13.3. The number of piperidine rings is 2. The van der Waals surface area contributed by atoms with Crippen LogP contribution >= 0.6 is 0 Å². The van der Waals surface area contributed by atoms with Crippen LogP contribution in [-0.2, 0) is 4.79 Å². The highest BCUT2D eigenvalue weighted by Crippen LogP contribution is 2.45. The average Bonchev–Trinajstić information content (AvgIpc) is 2.84. The van der Waals surface area contributed by atoms with Crippen molar-refractivity contribution < 1.29 is 34.1 Å². The standard InChI is InChI=1S/C23H30N4O7/c1-34-18-3-2-15(12-17(18)27-8-4-19(29)24-21(27)31)20(30)25-9-5-23(6-10-25)7-11-26(22(32)33)13-16(23)14-28/h2-3,12,16,28H,4-11,13-14H2,1H3,(H,32,33)(H,24,29,31). The van der Waals surface area contributed by atoms with E-state index in [-0.39, 0.29) is 42.7 Å². The van der Waals surface area contributed by atoms with Crippen molar-refractivity contribution >= 4 is 29.6 Å². The fourth-order valence-electron chi connectivity index (χ4n) is 5.36. The van der Waals surface area contributed by atoms with E-state index in [1.54, 1.807) is 23.1 Å². The van der Waals surface area contributed by atoms with Crippen LogP contribution in [0, 0.1) is 11.3 Å². The van der Waals surface area contributed by atoms with Gasteiger partial charge in [0.05, 0.1) is 12.8 Å². The van der Waals surface area contributed by atoms with E-state index in [1.807, 2.05) is 0 Å². The molecule has 1 spiro atoms. The van der Waals surface area contributed by atoms with Gasteiger partial charge < -0.3 is 24.7 Å². The van der Waals surface area contributed by atoms with Gasteiger partial charge in [-0.05, 0) is 42.9 Å². The molecule has 4 rings (SSSR count). The summed E-state index contributed by atoms with van der Waals surface area (Å²) in [5.41, 5.74) is 0.658. The number of carboxylic acid groups (broad SMARTS) is 1. The van der Waals surface area contributed by atoms with Gasteiger partial charge in [0.2, 0.25) is 5.91 Å². The Morgan fingerprint density at radius 1 is 1.12 bits per heavy atom. The molecule has 3 fully saturated rings. The first kappa shape index (κ1) is 23.8. The van der Waals surface area contributed by atoms with Crippen molar-refractivity contribution in [3.63, 3.8) is 0 Å². The van der Waals surface area contributed by atoms with Gasteiger partial charge in [-0.1, -0.05) is 0 Å². The Balaban J connectivity index is 1.48. The normalized spacial score (nSPS) is 22.5. The summed E-state index contributed by atoms with van der Waals surface area (Å²) >= 11 is 0. The summed E-state index contributed by atoms with van der Waals surface area (Å²) in [5.74, 6) is -0.238. The van der Waals surface area contributed by atoms with E-state index >= 15 is 0 Å². The number of urea groups is 1. The summed E-state index contributed by atoms with van der Waals surface area (Å²) in [5, 5.41) is 21.5. The zero-order valence-corrected chi connectivity index (χ0v) is 19.2. The molecule has 1 atom stereocenters. The Hall–Kier alpha value is -3.34. The first-order chi connectivity index (χ1) is 16.3. The van der Waals surface area contributed by atoms with Gasteiger partial charge in [0.15, 0.2) is 0 Å². The highest BCUT2D eigenvalue weighted by Gasteiger charge is 2.46. The molecule has 1 aromatic rings. The van der Waals surface area contributed by atoms with E-state index in [4.69, 9.17) is 4.74 Å². The van der Waals surface area contributed by atoms with Crippen molar-refractivity contribution in [1.29, 1.82) is 0 Å². The molecule has 184 valence electrons. The Morgan fingerprint density at radius 2 is 1.79 bits per heavy atom. The lowest BCUT2D eigenvalue weighted by molar-refractivity contribution is -0.120. The van der Waals surface area contributed by atoms with Gasteiger partial charge in [0.25, 0.3) is 5.91 Å². The Bertz CT molecular complexity index is 990. The van der Waals surface area contributed by atoms with Gasteiger partial charge >= 0.3 is 12.1 Å². The van der Waals surface area contributed by atoms with Gasteiger partial charge in [-0.15, -0.1) is 0 Å². The molecule has 1 aromatic carbocycles. The molecule has 0 aromatic heterocycles. The van der Waals surface area contributed by atoms with Crippen LogP contribution < -0.4 is 15.0 Å². The molecule has 5 amide bonds. The fraction of sp³-hybridized carbons (Fsp3) is 0.565. The van der Waals surface area contributed by atoms with Crippen LogP contribution in [0.25, 0.3) is 0 Å². The molecule has 11 heteroatoms. The number of nitrogens with zero attached hydrogens (tertiary/aromatic N) is 3. The first-order valence-corrected chi connectivity index (χ1v) is 11.5. The van der Waals surface area contributed by atoms with Gasteiger partial charge in [0.1, 0.15) is 5.75 Å². The first-order valence-electron chi connectivity index (χ1n) is 11.5. The number of benzene rings is 1. The number of likely N-dealkylation sites (tertiary alicyclic amines) is 2. The number of methoxy groups -OCH3 is 1. The molecule has 34 heavy (non-hydrogen) atoms. The number of nitrogens with one attached hydrogen (secondary N) is 1. The number of carbonyl (C=O) groups excluding carboxylic acids is 3. The lowest BCUT2D eigenvalue weighted by Gasteiger charge is -2.50. The number of amides is 5. The maximum Gasteiger partial charge on any atom is 0.407 e. The summed E-state index contributed by atoms with van der Waals surface area (Å²) in [6.07, 6.45) is 1.24. The molecule has 0 radical (unpaired) electrons. The number of anilines is 1. The van der Waals surface area contributed by atoms with Crippen LogP contribution in [0.3, 0.4) is 0 Å². The lowest BCUT2D eigenvalue weighted by Crippen LogP contribution is -2.55. The largest absolute Gasteiger partial charge is 0.495 e. The summed E-state index contributed by atoms with van der Waals surface area (Å²) in [4.78, 5) is 53.0. The van der Waals surface area contributed by atoms with Gasteiger partial charge in [-0.2, -0.15) is 0 Å². The third-order valence-electron chi connectivity index (χ3n) is 7.49. The lowest BCUT2D eigenvalue weighted by atomic mass is 9.64. The number of hydrogen-bond acceptors (Lipinski definition) is 6. The van der Waals surface area contributed by atoms with Crippen molar-refractivity contribution in [3.8, 4) is 5.75 Å². The molecule has 0 saturated carbocycles. The molecule has 3 heterocycles.